The molecule has 0 radical (unpaired) electrons. The number of fused-ring (bicyclic) bond motifs is 1. The molecular formula is C14H13NO3. The molecule has 3 rings (SSSR count). The highest BCUT2D eigenvalue weighted by Gasteiger charge is 2.28. The van der Waals surface area contributed by atoms with E-state index >= 15 is 0 Å². The third-order valence-corrected chi connectivity index (χ3v) is 3.35. The lowest BCUT2D eigenvalue weighted by molar-refractivity contribution is 0.0958. The fourth-order valence-electron chi connectivity index (χ4n) is 2.47. The summed E-state index contributed by atoms with van der Waals surface area (Å²) in [5.41, 5.74) is 1.18. The zero-order valence-corrected chi connectivity index (χ0v) is 10.0. The highest BCUT2D eigenvalue weighted by Crippen LogP contribution is 2.31. The first-order chi connectivity index (χ1) is 8.63. The predicted molar refractivity (Wildman–Crippen MR) is 65.9 cm³/mol. The number of hydrogen-bond acceptors (Lipinski definition) is 3. The predicted octanol–water partition coefficient (Wildman–Crippen LogP) is 2.19. The summed E-state index contributed by atoms with van der Waals surface area (Å²) in [6.45, 7) is 1.88. The minimum Gasteiger partial charge on any atom is -0.466 e. The standard InChI is InChI=1S/C14H13NO3/c1-8-2-4-13(18-8)9-6-11-10(12(16)7-9)3-5-14(17)15-11/h2-5,9H,6-7H2,1H3,(H,15,17)/t9-/m0/s1. The topological polar surface area (TPSA) is 63.1 Å². The fourth-order valence-corrected chi connectivity index (χ4v) is 2.47. The molecule has 1 aliphatic rings. The van der Waals surface area contributed by atoms with Crippen LogP contribution < -0.4 is 5.56 Å². The second kappa shape index (κ2) is 3.98. The highest BCUT2D eigenvalue weighted by atomic mass is 16.3. The SMILES string of the molecule is Cc1ccc([C@@H]2CC(=O)c3ccc(=O)[nH]c3C2)o1. The van der Waals surface area contributed by atoms with Crippen molar-refractivity contribution < 1.29 is 9.21 Å². The molecule has 0 fully saturated rings. The van der Waals surface area contributed by atoms with E-state index < -0.39 is 0 Å². The van der Waals surface area contributed by atoms with Crippen molar-refractivity contribution in [3.63, 3.8) is 0 Å². The van der Waals surface area contributed by atoms with E-state index in [1.54, 1.807) is 6.07 Å². The summed E-state index contributed by atoms with van der Waals surface area (Å²) >= 11 is 0. The normalized spacial score (nSPS) is 18.7. The lowest BCUT2D eigenvalue weighted by Crippen LogP contribution is -2.23. The fraction of sp³-hybridized carbons (Fsp3) is 0.286. The first-order valence-electron chi connectivity index (χ1n) is 5.95. The Bertz CT molecular complexity index is 666. The maximum atomic E-state index is 12.0. The van der Waals surface area contributed by atoms with E-state index in [1.807, 2.05) is 19.1 Å². The zero-order chi connectivity index (χ0) is 12.7. The number of nitrogens with one attached hydrogen (secondary N) is 1. The van der Waals surface area contributed by atoms with Crippen LogP contribution in [0.4, 0.5) is 0 Å². The van der Waals surface area contributed by atoms with Gasteiger partial charge in [0.2, 0.25) is 5.56 Å². The molecule has 0 spiro atoms. The Kier molecular flexibility index (Phi) is 2.44. The molecule has 0 unspecified atom stereocenters. The van der Waals surface area contributed by atoms with Crippen LogP contribution in [0, 0.1) is 6.92 Å². The lowest BCUT2D eigenvalue weighted by atomic mass is 9.84. The molecule has 1 atom stereocenters. The van der Waals surface area contributed by atoms with Gasteiger partial charge in [0, 0.05) is 29.7 Å². The second-order valence-corrected chi connectivity index (χ2v) is 4.69. The molecule has 92 valence electrons. The van der Waals surface area contributed by atoms with Gasteiger partial charge in [-0.2, -0.15) is 0 Å². The Hall–Kier alpha value is -2.10. The summed E-state index contributed by atoms with van der Waals surface area (Å²) in [5, 5.41) is 0. The second-order valence-electron chi connectivity index (χ2n) is 4.69. The van der Waals surface area contributed by atoms with Gasteiger partial charge in [-0.05, 0) is 31.5 Å². The van der Waals surface area contributed by atoms with Gasteiger partial charge in [-0.15, -0.1) is 0 Å². The van der Waals surface area contributed by atoms with E-state index in [0.29, 0.717) is 18.4 Å². The molecule has 0 amide bonds. The van der Waals surface area contributed by atoms with Gasteiger partial charge in [0.25, 0.3) is 0 Å². The summed E-state index contributed by atoms with van der Waals surface area (Å²) in [7, 11) is 0. The molecule has 1 aliphatic carbocycles. The molecular weight excluding hydrogens is 230 g/mol. The molecule has 2 heterocycles. The van der Waals surface area contributed by atoms with Crippen LogP contribution in [0.5, 0.6) is 0 Å². The summed E-state index contributed by atoms with van der Waals surface area (Å²) in [5.74, 6) is 1.74. The summed E-state index contributed by atoms with van der Waals surface area (Å²) in [4.78, 5) is 26.1. The van der Waals surface area contributed by atoms with Crippen molar-refractivity contribution in [3.05, 3.63) is 57.4 Å². The summed E-state index contributed by atoms with van der Waals surface area (Å²) < 4.78 is 5.57. The third kappa shape index (κ3) is 1.79. The summed E-state index contributed by atoms with van der Waals surface area (Å²) in [6.07, 6.45) is 1.08. The molecule has 4 nitrogen and oxygen atoms in total. The molecule has 0 aromatic carbocycles. The average Bonchev–Trinajstić information content (AvgIpc) is 2.75. The molecule has 18 heavy (non-hydrogen) atoms. The molecule has 0 saturated carbocycles. The van der Waals surface area contributed by atoms with Crippen molar-refractivity contribution in [1.82, 2.24) is 4.98 Å². The largest absolute Gasteiger partial charge is 0.466 e. The number of aryl methyl sites for hydroxylation is 1. The van der Waals surface area contributed by atoms with Crippen LogP contribution in [0.15, 0.2) is 33.5 Å². The van der Waals surface area contributed by atoms with Crippen molar-refractivity contribution in [1.29, 1.82) is 0 Å². The van der Waals surface area contributed by atoms with E-state index in [2.05, 4.69) is 4.98 Å². The van der Waals surface area contributed by atoms with Gasteiger partial charge in [0.05, 0.1) is 0 Å². The number of aromatic nitrogens is 1. The van der Waals surface area contributed by atoms with Crippen LogP contribution >= 0.6 is 0 Å². The van der Waals surface area contributed by atoms with Crippen molar-refractivity contribution in [2.24, 2.45) is 0 Å². The summed E-state index contributed by atoms with van der Waals surface area (Å²) in [6, 6.07) is 6.80. The molecule has 0 bridgehead atoms. The van der Waals surface area contributed by atoms with Crippen LogP contribution in [0.1, 0.15) is 39.9 Å². The van der Waals surface area contributed by atoms with E-state index in [4.69, 9.17) is 4.42 Å². The van der Waals surface area contributed by atoms with Crippen LogP contribution in [0.25, 0.3) is 0 Å². The first kappa shape index (κ1) is 11.0. The number of pyridine rings is 1. The average molecular weight is 243 g/mol. The molecule has 2 aromatic heterocycles. The van der Waals surface area contributed by atoms with Gasteiger partial charge in [-0.25, -0.2) is 0 Å². The van der Waals surface area contributed by atoms with Crippen LogP contribution in [0.3, 0.4) is 0 Å². The Morgan fingerprint density at radius 2 is 2.00 bits per heavy atom. The van der Waals surface area contributed by atoms with Crippen LogP contribution in [0.2, 0.25) is 0 Å². The number of hydrogen-bond donors (Lipinski definition) is 1. The number of aromatic amines is 1. The van der Waals surface area contributed by atoms with E-state index in [0.717, 1.165) is 17.2 Å². The first-order valence-corrected chi connectivity index (χ1v) is 5.95. The Morgan fingerprint density at radius 3 is 2.72 bits per heavy atom. The number of H-pyrrole nitrogens is 1. The van der Waals surface area contributed by atoms with Crippen LogP contribution in [-0.2, 0) is 6.42 Å². The van der Waals surface area contributed by atoms with Gasteiger partial charge in [0.15, 0.2) is 5.78 Å². The molecule has 4 heteroatoms. The quantitative estimate of drug-likeness (QED) is 0.835. The van der Waals surface area contributed by atoms with Gasteiger partial charge >= 0.3 is 0 Å². The van der Waals surface area contributed by atoms with E-state index in [9.17, 15) is 9.59 Å². The number of carbonyl (C=O) groups excluding carboxylic acids is 1. The molecule has 1 N–H and O–H groups in total. The van der Waals surface area contributed by atoms with Crippen molar-refractivity contribution in [3.8, 4) is 0 Å². The Morgan fingerprint density at radius 1 is 1.17 bits per heavy atom. The van der Waals surface area contributed by atoms with E-state index in [-0.39, 0.29) is 17.3 Å². The van der Waals surface area contributed by atoms with Crippen LogP contribution in [-0.4, -0.2) is 10.8 Å². The maximum absolute atomic E-state index is 12.0. The van der Waals surface area contributed by atoms with Crippen molar-refractivity contribution in [2.75, 3.05) is 0 Å². The third-order valence-electron chi connectivity index (χ3n) is 3.35. The number of ketones is 1. The number of rotatable bonds is 1. The van der Waals surface area contributed by atoms with Gasteiger partial charge in [0.1, 0.15) is 11.5 Å². The van der Waals surface area contributed by atoms with Crippen molar-refractivity contribution in [2.45, 2.75) is 25.7 Å². The monoisotopic (exact) mass is 243 g/mol. The highest BCUT2D eigenvalue weighted by molar-refractivity contribution is 5.98. The van der Waals surface area contributed by atoms with Gasteiger partial charge < -0.3 is 9.40 Å². The minimum atomic E-state index is -0.169. The Balaban J connectivity index is 2.00. The van der Waals surface area contributed by atoms with Crippen molar-refractivity contribution >= 4 is 5.78 Å². The lowest BCUT2D eigenvalue weighted by Gasteiger charge is -2.21. The minimum absolute atomic E-state index is 0.0248. The van der Waals surface area contributed by atoms with Gasteiger partial charge in [-0.1, -0.05) is 0 Å². The molecule has 0 aliphatic heterocycles. The molecule has 2 aromatic rings. The number of furan rings is 1. The maximum Gasteiger partial charge on any atom is 0.248 e. The number of carbonyl (C=O) groups is 1. The molecule has 0 saturated heterocycles. The Labute approximate surface area is 104 Å². The zero-order valence-electron chi connectivity index (χ0n) is 10.0. The smallest absolute Gasteiger partial charge is 0.248 e. The van der Waals surface area contributed by atoms with Gasteiger partial charge in [-0.3, -0.25) is 9.59 Å². The van der Waals surface area contributed by atoms with E-state index in [1.165, 1.54) is 6.07 Å². The number of Topliss-reactive ketones (excluding diaryl/α,β-unsaturated/α-hetero) is 1.